The van der Waals surface area contributed by atoms with Crippen molar-refractivity contribution < 1.29 is 0 Å². The van der Waals surface area contributed by atoms with Gasteiger partial charge in [-0.05, 0) is 55.7 Å². The predicted octanol–water partition coefficient (Wildman–Crippen LogP) is 4.55. The molecule has 1 atom stereocenters. The van der Waals surface area contributed by atoms with E-state index in [2.05, 4.69) is 59.4 Å². The molecule has 1 aromatic carbocycles. The van der Waals surface area contributed by atoms with Gasteiger partial charge in [0.2, 0.25) is 0 Å². The van der Waals surface area contributed by atoms with Crippen LogP contribution in [0.3, 0.4) is 0 Å². The summed E-state index contributed by atoms with van der Waals surface area (Å²) in [7, 11) is 0. The molecular weight excluding hydrogens is 286 g/mol. The number of rotatable bonds is 6. The van der Waals surface area contributed by atoms with Crippen LogP contribution in [-0.2, 0) is 6.42 Å². The fourth-order valence-corrected chi connectivity index (χ4v) is 3.03. The number of benzene rings is 1. The quantitative estimate of drug-likeness (QED) is 0.813. The van der Waals surface area contributed by atoms with E-state index >= 15 is 0 Å². The van der Waals surface area contributed by atoms with Crippen LogP contribution < -0.4 is 5.32 Å². The van der Waals surface area contributed by atoms with E-state index in [9.17, 15) is 0 Å². The summed E-state index contributed by atoms with van der Waals surface area (Å²) in [6, 6.07) is 9.24. The minimum Gasteiger partial charge on any atom is -0.313 e. The van der Waals surface area contributed by atoms with E-state index in [0.717, 1.165) is 10.9 Å². The van der Waals surface area contributed by atoms with Gasteiger partial charge in [0.25, 0.3) is 0 Å². The van der Waals surface area contributed by atoms with Gasteiger partial charge in [-0.2, -0.15) is 0 Å². The second-order valence-corrected chi connectivity index (χ2v) is 6.74. The van der Waals surface area contributed by atoms with Crippen molar-refractivity contribution >= 4 is 15.9 Å². The first-order chi connectivity index (χ1) is 8.63. The third-order valence-corrected chi connectivity index (χ3v) is 4.97. The van der Waals surface area contributed by atoms with Crippen molar-refractivity contribution in [3.63, 3.8) is 0 Å². The average Bonchev–Trinajstić information content (AvgIpc) is 2.31. The molecule has 1 aliphatic rings. The molecule has 0 bridgehead atoms. The summed E-state index contributed by atoms with van der Waals surface area (Å²) in [5, 5.41) is 3.73. The van der Waals surface area contributed by atoms with Crippen LogP contribution >= 0.6 is 15.9 Å². The Hall–Kier alpha value is -0.340. The first-order valence-electron chi connectivity index (χ1n) is 7.11. The van der Waals surface area contributed by atoms with Crippen molar-refractivity contribution in [2.45, 2.75) is 52.0 Å². The Bertz CT molecular complexity index is 362. The highest BCUT2D eigenvalue weighted by Gasteiger charge is 2.34. The van der Waals surface area contributed by atoms with Gasteiger partial charge in [0, 0.05) is 17.1 Å². The summed E-state index contributed by atoms with van der Waals surface area (Å²) < 4.78 is 1.16. The van der Waals surface area contributed by atoms with E-state index in [0.29, 0.717) is 11.5 Å². The molecule has 1 fully saturated rings. The summed E-state index contributed by atoms with van der Waals surface area (Å²) >= 11 is 3.48. The third kappa shape index (κ3) is 3.58. The Balaban J connectivity index is 1.78. The lowest BCUT2D eigenvalue weighted by Gasteiger charge is -2.42. The van der Waals surface area contributed by atoms with Gasteiger partial charge in [-0.1, -0.05) is 41.4 Å². The zero-order valence-corrected chi connectivity index (χ0v) is 13.1. The van der Waals surface area contributed by atoms with Crippen LogP contribution in [0.5, 0.6) is 0 Å². The van der Waals surface area contributed by atoms with Crippen LogP contribution in [0.25, 0.3) is 0 Å². The molecule has 0 saturated heterocycles. The van der Waals surface area contributed by atoms with Crippen LogP contribution in [0.4, 0.5) is 0 Å². The second-order valence-electron chi connectivity index (χ2n) is 5.82. The molecule has 1 aromatic rings. The van der Waals surface area contributed by atoms with Gasteiger partial charge in [-0.15, -0.1) is 0 Å². The van der Waals surface area contributed by atoms with Crippen molar-refractivity contribution in [1.82, 2.24) is 5.32 Å². The highest BCUT2D eigenvalue weighted by molar-refractivity contribution is 9.10. The lowest BCUT2D eigenvalue weighted by atomic mass is 9.67. The summed E-state index contributed by atoms with van der Waals surface area (Å²) in [6.07, 6.45) is 6.71. The van der Waals surface area contributed by atoms with E-state index in [-0.39, 0.29) is 0 Å². The Morgan fingerprint density at radius 3 is 2.44 bits per heavy atom. The first kappa shape index (κ1) is 14.1. The number of hydrogen-bond donors (Lipinski definition) is 1. The van der Waals surface area contributed by atoms with E-state index in [1.54, 1.807) is 0 Å². The van der Waals surface area contributed by atoms with E-state index < -0.39 is 0 Å². The summed E-state index contributed by atoms with van der Waals surface area (Å²) in [6.45, 7) is 5.82. The zero-order valence-electron chi connectivity index (χ0n) is 11.5. The molecule has 1 nitrogen and oxygen atoms in total. The molecule has 0 aliphatic heterocycles. The molecule has 0 heterocycles. The summed E-state index contributed by atoms with van der Waals surface area (Å²) in [4.78, 5) is 0. The van der Waals surface area contributed by atoms with Crippen molar-refractivity contribution in [2.75, 3.05) is 6.54 Å². The van der Waals surface area contributed by atoms with Gasteiger partial charge in [0.05, 0.1) is 0 Å². The molecule has 1 unspecified atom stereocenters. The van der Waals surface area contributed by atoms with Crippen molar-refractivity contribution in [3.8, 4) is 0 Å². The second kappa shape index (κ2) is 6.21. The van der Waals surface area contributed by atoms with Crippen molar-refractivity contribution in [2.24, 2.45) is 5.41 Å². The van der Waals surface area contributed by atoms with Gasteiger partial charge >= 0.3 is 0 Å². The van der Waals surface area contributed by atoms with Gasteiger partial charge in [0.1, 0.15) is 0 Å². The highest BCUT2D eigenvalue weighted by Crippen LogP contribution is 2.43. The monoisotopic (exact) mass is 309 g/mol. The molecule has 1 N–H and O–H groups in total. The number of nitrogens with one attached hydrogen (secondary N) is 1. The van der Waals surface area contributed by atoms with Gasteiger partial charge in [-0.25, -0.2) is 0 Å². The maximum atomic E-state index is 3.73. The zero-order chi connectivity index (χ0) is 13.0. The topological polar surface area (TPSA) is 12.0 Å². The minimum absolute atomic E-state index is 0.565. The van der Waals surface area contributed by atoms with Crippen molar-refractivity contribution in [3.05, 3.63) is 34.3 Å². The maximum absolute atomic E-state index is 3.73. The van der Waals surface area contributed by atoms with Crippen LogP contribution in [0.15, 0.2) is 28.7 Å². The molecule has 18 heavy (non-hydrogen) atoms. The molecule has 0 spiro atoms. The summed E-state index contributed by atoms with van der Waals surface area (Å²) in [5.74, 6) is 0. The van der Waals surface area contributed by atoms with E-state index in [1.807, 2.05) is 0 Å². The molecular formula is C16H24BrN. The average molecular weight is 310 g/mol. The van der Waals surface area contributed by atoms with Crippen LogP contribution in [0.2, 0.25) is 0 Å². The lowest BCUT2D eigenvalue weighted by Crippen LogP contribution is -2.43. The lowest BCUT2D eigenvalue weighted by molar-refractivity contribution is 0.120. The van der Waals surface area contributed by atoms with Gasteiger partial charge < -0.3 is 5.32 Å². The molecule has 0 radical (unpaired) electrons. The minimum atomic E-state index is 0.565. The largest absolute Gasteiger partial charge is 0.313 e. The SMILES string of the molecule is CCC1(CNC(C)Cc2ccc(Br)cc2)CCC1. The summed E-state index contributed by atoms with van der Waals surface area (Å²) in [5.41, 5.74) is 2.03. The molecule has 100 valence electrons. The Morgan fingerprint density at radius 2 is 1.94 bits per heavy atom. The van der Waals surface area contributed by atoms with Crippen LogP contribution in [0.1, 0.15) is 45.1 Å². The van der Waals surface area contributed by atoms with Gasteiger partial charge in [0.15, 0.2) is 0 Å². The molecule has 0 amide bonds. The van der Waals surface area contributed by atoms with Crippen molar-refractivity contribution in [1.29, 1.82) is 0 Å². The normalized spacial score (nSPS) is 19.3. The fraction of sp³-hybridized carbons (Fsp3) is 0.625. The first-order valence-corrected chi connectivity index (χ1v) is 7.91. The Kier molecular flexibility index (Phi) is 4.85. The molecule has 0 aromatic heterocycles. The number of halogens is 1. The van der Waals surface area contributed by atoms with Gasteiger partial charge in [-0.3, -0.25) is 0 Å². The highest BCUT2D eigenvalue weighted by atomic mass is 79.9. The van der Waals surface area contributed by atoms with Crippen LogP contribution in [-0.4, -0.2) is 12.6 Å². The Morgan fingerprint density at radius 1 is 1.28 bits per heavy atom. The molecule has 2 heteroatoms. The molecule has 1 saturated carbocycles. The standard InChI is InChI=1S/C16H24BrN/c1-3-16(9-4-10-16)12-18-13(2)11-14-5-7-15(17)8-6-14/h5-8,13,18H,3-4,9-12H2,1-2H3. The fourth-order valence-electron chi connectivity index (χ4n) is 2.77. The van der Waals surface area contributed by atoms with Crippen LogP contribution in [0, 0.1) is 5.41 Å². The van der Waals surface area contributed by atoms with E-state index in [1.165, 1.54) is 37.8 Å². The Labute approximate surface area is 119 Å². The molecule has 2 rings (SSSR count). The third-order valence-electron chi connectivity index (χ3n) is 4.44. The number of hydrogen-bond acceptors (Lipinski definition) is 1. The predicted molar refractivity (Wildman–Crippen MR) is 81.9 cm³/mol. The molecule has 1 aliphatic carbocycles. The maximum Gasteiger partial charge on any atom is 0.0175 e. The van der Waals surface area contributed by atoms with E-state index in [4.69, 9.17) is 0 Å². The smallest absolute Gasteiger partial charge is 0.0175 e.